The molecule has 0 aliphatic rings. The summed E-state index contributed by atoms with van der Waals surface area (Å²) in [5.74, 6) is -0.445. The first-order valence-electron chi connectivity index (χ1n) is 5.92. The van der Waals surface area contributed by atoms with Gasteiger partial charge in [-0.2, -0.15) is 5.26 Å². The summed E-state index contributed by atoms with van der Waals surface area (Å²) in [4.78, 5) is 0. The molecule has 0 bridgehead atoms. The number of nitrogens with zero attached hydrogens (tertiary/aromatic N) is 1. The first kappa shape index (κ1) is 14.6. The summed E-state index contributed by atoms with van der Waals surface area (Å²) < 4.78 is 13.1. The van der Waals surface area contributed by atoms with Gasteiger partial charge in [0.25, 0.3) is 0 Å². The van der Waals surface area contributed by atoms with E-state index < -0.39 is 5.82 Å². The highest BCUT2D eigenvalue weighted by Gasteiger charge is 2.10. The zero-order valence-electron chi connectivity index (χ0n) is 10.6. The van der Waals surface area contributed by atoms with Crippen molar-refractivity contribution in [2.24, 2.45) is 0 Å². The van der Waals surface area contributed by atoms with Crippen LogP contribution in [-0.4, -0.2) is 0 Å². The third-order valence-electron chi connectivity index (χ3n) is 2.91. The SMILES string of the molecule is CC(Nc1ccc(C#N)cc1Cl)c1ccc(F)c(Cl)c1. The molecule has 0 amide bonds. The maximum atomic E-state index is 13.1. The van der Waals surface area contributed by atoms with Crippen molar-refractivity contribution in [1.82, 2.24) is 0 Å². The Labute approximate surface area is 126 Å². The molecule has 20 heavy (non-hydrogen) atoms. The van der Waals surface area contributed by atoms with Gasteiger partial charge >= 0.3 is 0 Å². The summed E-state index contributed by atoms with van der Waals surface area (Å²) >= 11 is 11.9. The molecule has 1 N–H and O–H groups in total. The maximum Gasteiger partial charge on any atom is 0.141 e. The van der Waals surface area contributed by atoms with E-state index in [1.807, 2.05) is 13.0 Å². The van der Waals surface area contributed by atoms with E-state index in [1.165, 1.54) is 6.07 Å². The number of nitrogens with one attached hydrogen (secondary N) is 1. The molecule has 5 heteroatoms. The zero-order valence-corrected chi connectivity index (χ0v) is 12.1. The Morgan fingerprint density at radius 3 is 2.50 bits per heavy atom. The van der Waals surface area contributed by atoms with Gasteiger partial charge in [0, 0.05) is 6.04 Å². The van der Waals surface area contributed by atoms with Crippen molar-refractivity contribution in [3.05, 3.63) is 63.4 Å². The first-order chi connectivity index (χ1) is 9.51. The lowest BCUT2D eigenvalue weighted by molar-refractivity contribution is 0.627. The summed E-state index contributed by atoms with van der Waals surface area (Å²) in [5.41, 5.74) is 2.05. The molecule has 0 fully saturated rings. The van der Waals surface area contributed by atoms with E-state index >= 15 is 0 Å². The number of halogens is 3. The highest BCUT2D eigenvalue weighted by atomic mass is 35.5. The van der Waals surface area contributed by atoms with Crippen LogP contribution in [0.2, 0.25) is 10.0 Å². The minimum absolute atomic E-state index is 0.0853. The summed E-state index contributed by atoms with van der Waals surface area (Å²) in [5, 5.41) is 12.5. The molecule has 0 aliphatic carbocycles. The van der Waals surface area contributed by atoms with Crippen molar-refractivity contribution in [2.45, 2.75) is 13.0 Å². The van der Waals surface area contributed by atoms with Crippen LogP contribution in [-0.2, 0) is 0 Å². The quantitative estimate of drug-likeness (QED) is 0.848. The second-order valence-electron chi connectivity index (χ2n) is 4.35. The van der Waals surface area contributed by atoms with Gasteiger partial charge in [0.05, 0.1) is 27.4 Å². The number of hydrogen-bond donors (Lipinski definition) is 1. The minimum atomic E-state index is -0.445. The van der Waals surface area contributed by atoms with Gasteiger partial charge in [0.2, 0.25) is 0 Å². The van der Waals surface area contributed by atoms with Gasteiger partial charge in [0.15, 0.2) is 0 Å². The average Bonchev–Trinajstić information content (AvgIpc) is 2.43. The fourth-order valence-electron chi connectivity index (χ4n) is 1.80. The third-order valence-corrected chi connectivity index (χ3v) is 3.52. The fourth-order valence-corrected chi connectivity index (χ4v) is 2.22. The van der Waals surface area contributed by atoms with Crippen molar-refractivity contribution in [1.29, 1.82) is 5.26 Å². The smallest absolute Gasteiger partial charge is 0.141 e. The zero-order chi connectivity index (χ0) is 14.7. The molecule has 0 spiro atoms. The number of anilines is 1. The molecule has 102 valence electrons. The third kappa shape index (κ3) is 3.22. The van der Waals surface area contributed by atoms with Crippen LogP contribution < -0.4 is 5.32 Å². The standard InChI is InChI=1S/C15H11Cl2FN2/c1-9(11-3-4-14(18)12(16)7-11)20-15-5-2-10(8-19)6-13(15)17/h2-7,9,20H,1H3. The second kappa shape index (κ2) is 6.13. The molecule has 2 aromatic rings. The molecule has 1 atom stereocenters. The van der Waals surface area contributed by atoms with E-state index in [2.05, 4.69) is 5.32 Å². The van der Waals surface area contributed by atoms with Gasteiger partial charge in [0.1, 0.15) is 5.82 Å². The van der Waals surface area contributed by atoms with Crippen LogP contribution in [0.4, 0.5) is 10.1 Å². The van der Waals surface area contributed by atoms with Gasteiger partial charge in [-0.1, -0.05) is 29.3 Å². The van der Waals surface area contributed by atoms with Crippen molar-refractivity contribution >= 4 is 28.9 Å². The lowest BCUT2D eigenvalue weighted by atomic mass is 10.1. The number of benzene rings is 2. The summed E-state index contributed by atoms with van der Waals surface area (Å²) in [6.45, 7) is 1.91. The average molecular weight is 309 g/mol. The Bertz CT molecular complexity index is 680. The van der Waals surface area contributed by atoms with E-state index in [0.29, 0.717) is 16.3 Å². The van der Waals surface area contributed by atoms with Gasteiger partial charge in [-0.3, -0.25) is 0 Å². The first-order valence-corrected chi connectivity index (χ1v) is 6.68. The Morgan fingerprint density at radius 2 is 1.90 bits per heavy atom. The van der Waals surface area contributed by atoms with E-state index in [0.717, 1.165) is 5.56 Å². The van der Waals surface area contributed by atoms with E-state index in [1.54, 1.807) is 30.3 Å². The molecule has 0 heterocycles. The largest absolute Gasteiger partial charge is 0.377 e. The maximum absolute atomic E-state index is 13.1. The molecular formula is C15H11Cl2FN2. The lowest BCUT2D eigenvalue weighted by Crippen LogP contribution is -2.07. The molecule has 1 unspecified atom stereocenters. The Balaban J connectivity index is 2.21. The summed E-state index contributed by atoms with van der Waals surface area (Å²) in [6.07, 6.45) is 0. The summed E-state index contributed by atoms with van der Waals surface area (Å²) in [6, 6.07) is 11.5. The topological polar surface area (TPSA) is 35.8 Å². The van der Waals surface area contributed by atoms with E-state index in [4.69, 9.17) is 28.5 Å². The lowest BCUT2D eigenvalue weighted by Gasteiger charge is -2.17. The fraction of sp³-hybridized carbons (Fsp3) is 0.133. The Hall–Kier alpha value is -1.76. The van der Waals surface area contributed by atoms with E-state index in [-0.39, 0.29) is 11.1 Å². The molecule has 0 radical (unpaired) electrons. The molecular weight excluding hydrogens is 298 g/mol. The van der Waals surface area contributed by atoms with Crippen LogP contribution in [0.25, 0.3) is 0 Å². The van der Waals surface area contributed by atoms with Crippen LogP contribution in [0, 0.1) is 17.1 Å². The van der Waals surface area contributed by atoms with Gasteiger partial charge < -0.3 is 5.32 Å². The normalized spacial score (nSPS) is 11.8. The van der Waals surface area contributed by atoms with Crippen molar-refractivity contribution in [3.63, 3.8) is 0 Å². The summed E-state index contributed by atoms with van der Waals surface area (Å²) in [7, 11) is 0. The molecule has 2 aromatic carbocycles. The van der Waals surface area contributed by atoms with Crippen molar-refractivity contribution in [3.8, 4) is 6.07 Å². The molecule has 2 nitrogen and oxygen atoms in total. The van der Waals surface area contributed by atoms with Gasteiger partial charge in [-0.25, -0.2) is 4.39 Å². The predicted octanol–water partition coefficient (Wildman–Crippen LogP) is 5.18. The monoisotopic (exact) mass is 308 g/mol. The highest BCUT2D eigenvalue weighted by molar-refractivity contribution is 6.33. The van der Waals surface area contributed by atoms with Gasteiger partial charge in [-0.15, -0.1) is 0 Å². The number of rotatable bonds is 3. The van der Waals surface area contributed by atoms with Crippen LogP contribution >= 0.6 is 23.2 Å². The van der Waals surface area contributed by atoms with Crippen LogP contribution in [0.15, 0.2) is 36.4 Å². The molecule has 0 saturated carbocycles. The second-order valence-corrected chi connectivity index (χ2v) is 5.16. The Kier molecular flexibility index (Phi) is 4.49. The predicted molar refractivity (Wildman–Crippen MR) is 79.6 cm³/mol. The number of hydrogen-bond acceptors (Lipinski definition) is 2. The van der Waals surface area contributed by atoms with E-state index in [9.17, 15) is 4.39 Å². The minimum Gasteiger partial charge on any atom is -0.377 e. The molecule has 0 aliphatic heterocycles. The Morgan fingerprint density at radius 1 is 1.15 bits per heavy atom. The van der Waals surface area contributed by atoms with Crippen LogP contribution in [0.5, 0.6) is 0 Å². The van der Waals surface area contributed by atoms with Crippen molar-refractivity contribution in [2.75, 3.05) is 5.32 Å². The van der Waals surface area contributed by atoms with Gasteiger partial charge in [-0.05, 0) is 42.8 Å². The molecule has 0 saturated heterocycles. The van der Waals surface area contributed by atoms with Crippen LogP contribution in [0.1, 0.15) is 24.1 Å². The highest BCUT2D eigenvalue weighted by Crippen LogP contribution is 2.28. The van der Waals surface area contributed by atoms with Crippen molar-refractivity contribution < 1.29 is 4.39 Å². The number of nitriles is 1. The van der Waals surface area contributed by atoms with Crippen LogP contribution in [0.3, 0.4) is 0 Å². The molecule has 2 rings (SSSR count). The molecule has 0 aromatic heterocycles.